The molecule has 0 saturated carbocycles. The summed E-state index contributed by atoms with van der Waals surface area (Å²) in [4.78, 5) is 12.3. The van der Waals surface area contributed by atoms with Gasteiger partial charge < -0.3 is 10.6 Å². The fourth-order valence-electron chi connectivity index (χ4n) is 3.02. The lowest BCUT2D eigenvalue weighted by Gasteiger charge is -2.11. The van der Waals surface area contributed by atoms with E-state index >= 15 is 0 Å². The van der Waals surface area contributed by atoms with Crippen LogP contribution in [0.15, 0.2) is 102 Å². The summed E-state index contributed by atoms with van der Waals surface area (Å²) in [5.41, 5.74) is 1.46. The van der Waals surface area contributed by atoms with Crippen molar-refractivity contribution in [2.45, 2.75) is 4.90 Å². The molecule has 150 valence electrons. The average Bonchev–Trinajstić information content (AvgIpc) is 2.74. The van der Waals surface area contributed by atoms with Crippen LogP contribution in [0.1, 0.15) is 0 Å². The van der Waals surface area contributed by atoms with Gasteiger partial charge in [0.2, 0.25) is 0 Å². The van der Waals surface area contributed by atoms with E-state index in [1.54, 1.807) is 54.6 Å². The third kappa shape index (κ3) is 4.59. The summed E-state index contributed by atoms with van der Waals surface area (Å²) in [6.45, 7) is 0. The second kappa shape index (κ2) is 8.26. The predicted molar refractivity (Wildman–Crippen MR) is 120 cm³/mol. The maximum atomic E-state index is 12.8. The number of fused-ring (bicyclic) bond motifs is 1. The van der Waals surface area contributed by atoms with Gasteiger partial charge in [-0.1, -0.05) is 54.6 Å². The number of hydrogen-bond acceptors (Lipinski definition) is 3. The molecule has 0 atom stereocenters. The molecule has 0 spiro atoms. The van der Waals surface area contributed by atoms with Crippen molar-refractivity contribution in [3.63, 3.8) is 0 Å². The number of carbonyl (C=O) groups excluding carboxylic acids is 1. The van der Waals surface area contributed by atoms with Crippen molar-refractivity contribution in [2.75, 3.05) is 15.4 Å². The molecule has 2 amide bonds. The van der Waals surface area contributed by atoms with Crippen LogP contribution >= 0.6 is 0 Å². The smallest absolute Gasteiger partial charge is 0.308 e. The molecule has 0 saturated heterocycles. The lowest BCUT2D eigenvalue weighted by atomic mass is 10.1. The molecule has 6 nitrogen and oxygen atoms in total. The molecule has 7 heteroatoms. The summed E-state index contributed by atoms with van der Waals surface area (Å²) in [6.07, 6.45) is 0. The van der Waals surface area contributed by atoms with Crippen LogP contribution in [0.2, 0.25) is 0 Å². The van der Waals surface area contributed by atoms with Crippen LogP contribution < -0.4 is 15.4 Å². The minimum atomic E-state index is -3.78. The number of anilines is 3. The molecule has 0 radical (unpaired) electrons. The Balaban J connectivity index is 1.49. The summed E-state index contributed by atoms with van der Waals surface area (Å²) >= 11 is 0. The van der Waals surface area contributed by atoms with Crippen molar-refractivity contribution in [1.82, 2.24) is 0 Å². The van der Waals surface area contributed by atoms with Gasteiger partial charge in [0.25, 0.3) is 10.0 Å². The van der Waals surface area contributed by atoms with E-state index in [-0.39, 0.29) is 4.90 Å². The Labute approximate surface area is 174 Å². The molecule has 0 heterocycles. The first-order valence-electron chi connectivity index (χ1n) is 9.24. The summed E-state index contributed by atoms with van der Waals surface area (Å²) in [5, 5.41) is 7.21. The molecular weight excluding hydrogens is 398 g/mol. The van der Waals surface area contributed by atoms with E-state index in [1.807, 2.05) is 42.5 Å². The number of amides is 2. The van der Waals surface area contributed by atoms with Crippen LogP contribution in [0.5, 0.6) is 0 Å². The van der Waals surface area contributed by atoms with Crippen molar-refractivity contribution in [3.8, 4) is 0 Å². The Morgan fingerprint density at radius 2 is 1.23 bits per heavy atom. The minimum Gasteiger partial charge on any atom is -0.308 e. The quantitative estimate of drug-likeness (QED) is 0.413. The Morgan fingerprint density at radius 3 is 2.03 bits per heavy atom. The van der Waals surface area contributed by atoms with Crippen molar-refractivity contribution in [1.29, 1.82) is 0 Å². The standard InChI is InChI=1S/C23H19N3O3S/c27-23(24-19-9-2-1-3-10-19)25-20-11-6-12-21(16-20)26-30(28,29)22-14-13-17-7-4-5-8-18(17)15-22/h1-16,26H,(H2,24,25,27). The van der Waals surface area contributed by atoms with E-state index in [2.05, 4.69) is 15.4 Å². The number of urea groups is 1. The first kappa shape index (κ1) is 19.5. The minimum absolute atomic E-state index is 0.168. The second-order valence-corrected chi connectivity index (χ2v) is 8.32. The average molecular weight is 417 g/mol. The topological polar surface area (TPSA) is 87.3 Å². The zero-order chi connectivity index (χ0) is 21.0. The van der Waals surface area contributed by atoms with Crippen molar-refractivity contribution in [2.24, 2.45) is 0 Å². The summed E-state index contributed by atoms with van der Waals surface area (Å²) in [6, 6.07) is 27.7. The normalized spacial score (nSPS) is 11.1. The fraction of sp³-hybridized carbons (Fsp3) is 0. The van der Waals surface area contributed by atoms with Crippen molar-refractivity contribution < 1.29 is 13.2 Å². The van der Waals surface area contributed by atoms with Gasteiger partial charge in [0, 0.05) is 11.4 Å². The number of nitrogens with one attached hydrogen (secondary N) is 3. The summed E-state index contributed by atoms with van der Waals surface area (Å²) < 4.78 is 28.2. The van der Waals surface area contributed by atoms with Gasteiger partial charge in [-0.15, -0.1) is 0 Å². The van der Waals surface area contributed by atoms with Crippen LogP contribution in [-0.4, -0.2) is 14.4 Å². The van der Waals surface area contributed by atoms with Gasteiger partial charge in [-0.05, 0) is 53.2 Å². The zero-order valence-corrected chi connectivity index (χ0v) is 16.7. The molecule has 0 bridgehead atoms. The Kier molecular flexibility index (Phi) is 5.36. The van der Waals surface area contributed by atoms with Gasteiger partial charge in [-0.2, -0.15) is 0 Å². The second-order valence-electron chi connectivity index (χ2n) is 6.64. The summed E-state index contributed by atoms with van der Waals surface area (Å²) in [5.74, 6) is 0. The highest BCUT2D eigenvalue weighted by Crippen LogP contribution is 2.23. The SMILES string of the molecule is O=C(Nc1ccccc1)Nc1cccc(NS(=O)(=O)c2ccc3ccccc3c2)c1. The Hall–Kier alpha value is -3.84. The molecule has 3 N–H and O–H groups in total. The molecule has 0 aromatic heterocycles. The first-order valence-corrected chi connectivity index (χ1v) is 10.7. The largest absolute Gasteiger partial charge is 0.323 e. The fourth-order valence-corrected chi connectivity index (χ4v) is 4.11. The van der Waals surface area contributed by atoms with E-state index in [0.29, 0.717) is 17.1 Å². The number of rotatable bonds is 5. The van der Waals surface area contributed by atoms with Crippen LogP contribution in [-0.2, 0) is 10.0 Å². The Morgan fingerprint density at radius 1 is 0.600 bits per heavy atom. The van der Waals surface area contributed by atoms with Crippen molar-refractivity contribution in [3.05, 3.63) is 97.1 Å². The molecule has 0 unspecified atom stereocenters. The van der Waals surface area contributed by atoms with Gasteiger partial charge in [0.1, 0.15) is 0 Å². The number of benzene rings is 4. The molecular formula is C23H19N3O3S. The highest BCUT2D eigenvalue weighted by atomic mass is 32.2. The van der Waals surface area contributed by atoms with Crippen LogP contribution in [0.3, 0.4) is 0 Å². The molecule has 4 rings (SSSR count). The summed E-state index contributed by atoms with van der Waals surface area (Å²) in [7, 11) is -3.78. The van der Waals surface area contributed by atoms with Crippen molar-refractivity contribution >= 4 is 43.9 Å². The molecule has 0 fully saturated rings. The lowest BCUT2D eigenvalue weighted by Crippen LogP contribution is -2.19. The van der Waals surface area contributed by atoms with E-state index < -0.39 is 16.1 Å². The maximum absolute atomic E-state index is 12.8. The highest BCUT2D eigenvalue weighted by molar-refractivity contribution is 7.92. The van der Waals surface area contributed by atoms with Gasteiger partial charge in [0.05, 0.1) is 10.6 Å². The number of sulfonamides is 1. The van der Waals surface area contributed by atoms with Gasteiger partial charge in [-0.25, -0.2) is 13.2 Å². The number of para-hydroxylation sites is 1. The monoisotopic (exact) mass is 417 g/mol. The molecule has 4 aromatic carbocycles. The zero-order valence-electron chi connectivity index (χ0n) is 15.9. The van der Waals surface area contributed by atoms with Gasteiger partial charge >= 0.3 is 6.03 Å². The maximum Gasteiger partial charge on any atom is 0.323 e. The van der Waals surface area contributed by atoms with Crippen LogP contribution in [0, 0.1) is 0 Å². The molecule has 30 heavy (non-hydrogen) atoms. The van der Waals surface area contributed by atoms with Gasteiger partial charge in [0.15, 0.2) is 0 Å². The third-order valence-corrected chi connectivity index (χ3v) is 5.81. The van der Waals surface area contributed by atoms with Gasteiger partial charge in [-0.3, -0.25) is 4.72 Å². The third-order valence-electron chi connectivity index (χ3n) is 4.44. The highest BCUT2D eigenvalue weighted by Gasteiger charge is 2.15. The van der Waals surface area contributed by atoms with E-state index in [4.69, 9.17) is 0 Å². The molecule has 0 aliphatic rings. The molecule has 0 aliphatic heterocycles. The van der Waals surface area contributed by atoms with E-state index in [1.165, 1.54) is 0 Å². The number of carbonyl (C=O) groups is 1. The number of hydrogen-bond donors (Lipinski definition) is 3. The van der Waals surface area contributed by atoms with E-state index in [9.17, 15) is 13.2 Å². The predicted octanol–water partition coefficient (Wildman–Crippen LogP) is 5.28. The molecule has 4 aromatic rings. The lowest BCUT2D eigenvalue weighted by molar-refractivity contribution is 0.262. The molecule has 0 aliphatic carbocycles. The van der Waals surface area contributed by atoms with Crippen LogP contribution in [0.4, 0.5) is 21.9 Å². The van der Waals surface area contributed by atoms with Crippen LogP contribution in [0.25, 0.3) is 10.8 Å². The Bertz CT molecular complexity index is 1310. The van der Waals surface area contributed by atoms with E-state index in [0.717, 1.165) is 10.8 Å². The first-order chi connectivity index (χ1) is 14.5.